The number of nitrogens with one attached hydrogen (secondary N) is 2. The molecule has 3 aromatic rings. The predicted molar refractivity (Wildman–Crippen MR) is 80.2 cm³/mol. The van der Waals surface area contributed by atoms with E-state index in [1.807, 2.05) is 38.2 Å². The third-order valence-corrected chi connectivity index (χ3v) is 3.60. The molecule has 21 heavy (non-hydrogen) atoms. The molecule has 6 nitrogen and oxygen atoms in total. The highest BCUT2D eigenvalue weighted by Gasteiger charge is 2.15. The SMILES string of the molecule is Cc1nc(CNC(=O)c2cc3cccc(Cl)c3n2C)n[nH]1. The standard InChI is InChI=1S/C14H14ClN5O/c1-8-17-12(19-18-8)7-16-14(21)11-6-9-4-3-5-10(15)13(9)20(11)2/h3-6H,7H2,1-2H3,(H,16,21)(H,17,18,19). The number of para-hydroxylation sites is 1. The van der Waals surface area contributed by atoms with Gasteiger partial charge in [-0.1, -0.05) is 23.7 Å². The number of aromatic amines is 1. The lowest BCUT2D eigenvalue weighted by Gasteiger charge is -2.05. The molecule has 0 saturated carbocycles. The van der Waals surface area contributed by atoms with Crippen LogP contribution in [0.25, 0.3) is 10.9 Å². The van der Waals surface area contributed by atoms with Crippen LogP contribution in [0.1, 0.15) is 22.1 Å². The van der Waals surface area contributed by atoms with Gasteiger partial charge in [-0.3, -0.25) is 9.89 Å². The summed E-state index contributed by atoms with van der Waals surface area (Å²) in [5, 5.41) is 11.1. The van der Waals surface area contributed by atoms with Crippen molar-refractivity contribution >= 4 is 28.4 Å². The van der Waals surface area contributed by atoms with Gasteiger partial charge in [0.05, 0.1) is 17.1 Å². The van der Waals surface area contributed by atoms with Crippen molar-refractivity contribution in [1.82, 2.24) is 25.1 Å². The summed E-state index contributed by atoms with van der Waals surface area (Å²) >= 11 is 6.18. The minimum Gasteiger partial charge on any atom is -0.343 e. The van der Waals surface area contributed by atoms with E-state index in [0.29, 0.717) is 16.5 Å². The Morgan fingerprint density at radius 2 is 2.29 bits per heavy atom. The monoisotopic (exact) mass is 303 g/mol. The first-order chi connectivity index (χ1) is 10.1. The van der Waals surface area contributed by atoms with Gasteiger partial charge in [-0.25, -0.2) is 4.98 Å². The van der Waals surface area contributed by atoms with Gasteiger partial charge in [-0.05, 0) is 19.1 Å². The van der Waals surface area contributed by atoms with Crippen molar-refractivity contribution in [2.75, 3.05) is 0 Å². The number of amides is 1. The van der Waals surface area contributed by atoms with Crippen LogP contribution in [0.15, 0.2) is 24.3 Å². The molecule has 3 rings (SSSR count). The topological polar surface area (TPSA) is 75.6 Å². The van der Waals surface area contributed by atoms with Crippen LogP contribution in [0.4, 0.5) is 0 Å². The Morgan fingerprint density at radius 1 is 1.48 bits per heavy atom. The molecule has 2 aromatic heterocycles. The number of rotatable bonds is 3. The minimum absolute atomic E-state index is 0.188. The number of hydrogen-bond acceptors (Lipinski definition) is 3. The van der Waals surface area contributed by atoms with Gasteiger partial charge in [-0.15, -0.1) is 0 Å². The predicted octanol–water partition coefficient (Wildman–Crippen LogP) is 2.19. The Kier molecular flexibility index (Phi) is 3.39. The fourth-order valence-electron chi connectivity index (χ4n) is 2.30. The summed E-state index contributed by atoms with van der Waals surface area (Å²) < 4.78 is 1.79. The normalized spacial score (nSPS) is 11.0. The molecule has 0 spiro atoms. The highest BCUT2D eigenvalue weighted by Crippen LogP contribution is 2.26. The molecule has 0 unspecified atom stereocenters. The van der Waals surface area contributed by atoms with E-state index >= 15 is 0 Å². The van der Waals surface area contributed by atoms with E-state index in [2.05, 4.69) is 20.5 Å². The van der Waals surface area contributed by atoms with Crippen LogP contribution in [0, 0.1) is 6.92 Å². The number of carbonyl (C=O) groups is 1. The molecule has 2 heterocycles. The second-order valence-corrected chi connectivity index (χ2v) is 5.19. The third kappa shape index (κ3) is 2.50. The maximum Gasteiger partial charge on any atom is 0.268 e. The van der Waals surface area contributed by atoms with E-state index < -0.39 is 0 Å². The molecular formula is C14H14ClN5O. The van der Waals surface area contributed by atoms with Crippen molar-refractivity contribution < 1.29 is 4.79 Å². The van der Waals surface area contributed by atoms with E-state index in [0.717, 1.165) is 16.7 Å². The Labute approximate surface area is 126 Å². The summed E-state index contributed by atoms with van der Waals surface area (Å²) in [6, 6.07) is 7.42. The number of nitrogens with zero attached hydrogens (tertiary/aromatic N) is 3. The van der Waals surface area contributed by atoms with Crippen molar-refractivity contribution in [1.29, 1.82) is 0 Å². The molecule has 0 aliphatic rings. The molecule has 0 bridgehead atoms. The zero-order chi connectivity index (χ0) is 15.0. The van der Waals surface area contributed by atoms with Gasteiger partial charge < -0.3 is 9.88 Å². The van der Waals surface area contributed by atoms with Gasteiger partial charge in [0.2, 0.25) is 0 Å². The average Bonchev–Trinajstić information content (AvgIpc) is 3.01. The van der Waals surface area contributed by atoms with Gasteiger partial charge >= 0.3 is 0 Å². The van der Waals surface area contributed by atoms with Crippen LogP contribution < -0.4 is 5.32 Å². The van der Waals surface area contributed by atoms with Crippen molar-refractivity contribution in [3.63, 3.8) is 0 Å². The van der Waals surface area contributed by atoms with E-state index in [9.17, 15) is 4.79 Å². The van der Waals surface area contributed by atoms with Crippen molar-refractivity contribution in [3.05, 3.63) is 46.6 Å². The quantitative estimate of drug-likeness (QED) is 0.779. The summed E-state index contributed by atoms with van der Waals surface area (Å²) in [6.45, 7) is 2.09. The maximum absolute atomic E-state index is 12.3. The second-order valence-electron chi connectivity index (χ2n) is 4.79. The largest absolute Gasteiger partial charge is 0.343 e. The van der Waals surface area contributed by atoms with Crippen molar-refractivity contribution in [3.8, 4) is 0 Å². The molecule has 1 amide bonds. The lowest BCUT2D eigenvalue weighted by Crippen LogP contribution is -2.25. The summed E-state index contributed by atoms with van der Waals surface area (Å²) in [6.07, 6.45) is 0. The zero-order valence-electron chi connectivity index (χ0n) is 11.6. The number of carbonyl (C=O) groups excluding carboxylic acids is 1. The summed E-state index contributed by atoms with van der Waals surface area (Å²) in [7, 11) is 1.82. The van der Waals surface area contributed by atoms with E-state index in [1.54, 1.807) is 4.57 Å². The molecule has 0 fully saturated rings. The minimum atomic E-state index is -0.188. The van der Waals surface area contributed by atoms with Crippen LogP contribution in [-0.4, -0.2) is 25.7 Å². The van der Waals surface area contributed by atoms with Gasteiger partial charge in [0, 0.05) is 12.4 Å². The molecule has 0 saturated heterocycles. The van der Waals surface area contributed by atoms with Crippen LogP contribution >= 0.6 is 11.6 Å². The van der Waals surface area contributed by atoms with Crippen LogP contribution in [-0.2, 0) is 13.6 Å². The number of fused-ring (bicyclic) bond motifs is 1. The maximum atomic E-state index is 12.3. The Bertz CT molecular complexity index is 820. The van der Waals surface area contributed by atoms with Crippen LogP contribution in [0.3, 0.4) is 0 Å². The van der Waals surface area contributed by atoms with Crippen molar-refractivity contribution in [2.24, 2.45) is 7.05 Å². The highest BCUT2D eigenvalue weighted by atomic mass is 35.5. The van der Waals surface area contributed by atoms with Gasteiger partial charge in [0.25, 0.3) is 5.91 Å². The second kappa shape index (κ2) is 5.21. The fourth-order valence-corrected chi connectivity index (χ4v) is 2.61. The molecule has 1 aromatic carbocycles. The number of halogens is 1. The Balaban J connectivity index is 1.84. The van der Waals surface area contributed by atoms with Crippen LogP contribution in [0.5, 0.6) is 0 Å². The average molecular weight is 304 g/mol. The number of hydrogen-bond donors (Lipinski definition) is 2. The number of aromatic nitrogens is 4. The fraction of sp³-hybridized carbons (Fsp3) is 0.214. The molecule has 7 heteroatoms. The zero-order valence-corrected chi connectivity index (χ0v) is 12.4. The lowest BCUT2D eigenvalue weighted by atomic mass is 10.2. The molecule has 0 aliphatic carbocycles. The Hall–Kier alpha value is -2.34. The Morgan fingerprint density at radius 3 is 2.95 bits per heavy atom. The van der Waals surface area contributed by atoms with E-state index in [-0.39, 0.29) is 12.5 Å². The number of H-pyrrole nitrogens is 1. The number of benzene rings is 1. The van der Waals surface area contributed by atoms with E-state index in [4.69, 9.17) is 11.6 Å². The highest BCUT2D eigenvalue weighted by molar-refractivity contribution is 6.35. The molecule has 0 atom stereocenters. The lowest BCUT2D eigenvalue weighted by molar-refractivity contribution is 0.0942. The first kappa shape index (κ1) is 13.6. The molecule has 0 radical (unpaired) electrons. The van der Waals surface area contributed by atoms with Gasteiger partial charge in [0.15, 0.2) is 5.82 Å². The third-order valence-electron chi connectivity index (χ3n) is 3.29. The first-order valence-corrected chi connectivity index (χ1v) is 6.84. The molecule has 2 N–H and O–H groups in total. The van der Waals surface area contributed by atoms with Gasteiger partial charge in [-0.2, -0.15) is 5.10 Å². The van der Waals surface area contributed by atoms with Gasteiger partial charge in [0.1, 0.15) is 11.5 Å². The van der Waals surface area contributed by atoms with Crippen LogP contribution in [0.2, 0.25) is 5.02 Å². The summed E-state index contributed by atoms with van der Waals surface area (Å²) in [5.74, 6) is 1.08. The molecular weight excluding hydrogens is 290 g/mol. The smallest absolute Gasteiger partial charge is 0.268 e. The van der Waals surface area contributed by atoms with Crippen molar-refractivity contribution in [2.45, 2.75) is 13.5 Å². The summed E-state index contributed by atoms with van der Waals surface area (Å²) in [5.41, 5.74) is 1.39. The van der Waals surface area contributed by atoms with E-state index in [1.165, 1.54) is 0 Å². The summed E-state index contributed by atoms with van der Waals surface area (Å²) in [4.78, 5) is 16.4. The first-order valence-electron chi connectivity index (χ1n) is 6.46. The molecule has 0 aliphatic heterocycles. The number of aryl methyl sites for hydroxylation is 2. The molecule has 108 valence electrons.